The first-order valence-corrected chi connectivity index (χ1v) is 9.10. The Morgan fingerprint density at radius 3 is 1.53 bits per heavy atom. The second-order valence-corrected chi connectivity index (χ2v) is 7.66. The molecule has 0 N–H and O–H groups in total. The van der Waals surface area contributed by atoms with Crippen LogP contribution in [-0.4, -0.2) is 0 Å². The number of hydrogen-bond donors (Lipinski definition) is 0. The lowest BCUT2D eigenvalue weighted by Gasteiger charge is -1.96. The van der Waals surface area contributed by atoms with Gasteiger partial charge in [0.05, 0.1) is 9.40 Å². The third-order valence-electron chi connectivity index (χ3n) is 3.16. The highest BCUT2D eigenvalue weighted by molar-refractivity contribution is 7.27. The molecule has 0 radical (unpaired) electrons. The fourth-order valence-corrected chi connectivity index (χ4v) is 5.54. The van der Waals surface area contributed by atoms with Gasteiger partial charge in [0.1, 0.15) is 0 Å². The van der Waals surface area contributed by atoms with Gasteiger partial charge in [-0.1, -0.05) is 13.8 Å². The van der Waals surface area contributed by atoms with Crippen molar-refractivity contribution in [2.45, 2.75) is 27.7 Å². The highest BCUT2D eigenvalue weighted by Gasteiger charge is 2.13. The third kappa shape index (κ3) is 1.92. The van der Waals surface area contributed by atoms with Gasteiger partial charge in [-0.3, -0.25) is 0 Å². The van der Waals surface area contributed by atoms with Crippen molar-refractivity contribution in [3.8, 4) is 0 Å². The van der Waals surface area contributed by atoms with Crippen LogP contribution in [0.1, 0.15) is 23.6 Å². The van der Waals surface area contributed by atoms with Gasteiger partial charge < -0.3 is 0 Å². The summed E-state index contributed by atoms with van der Waals surface area (Å²) in [6.07, 6.45) is 0. The molecule has 0 saturated heterocycles. The lowest BCUT2D eigenvalue weighted by Crippen LogP contribution is -1.68. The summed E-state index contributed by atoms with van der Waals surface area (Å²) < 4.78 is 2.95. The Morgan fingerprint density at radius 2 is 1.11 bits per heavy atom. The highest BCUT2D eigenvalue weighted by atomic mass is 32.1. The van der Waals surface area contributed by atoms with Gasteiger partial charge in [-0.05, 0) is 36.7 Å². The van der Waals surface area contributed by atoms with Crippen molar-refractivity contribution in [3.05, 3.63) is 32.6 Å². The predicted molar refractivity (Wildman–Crippen MR) is 93.4 cm³/mol. The summed E-state index contributed by atoms with van der Waals surface area (Å²) in [7, 11) is 0. The summed E-state index contributed by atoms with van der Waals surface area (Å²) in [5, 5.41) is 10.3. The van der Waals surface area contributed by atoms with Crippen LogP contribution in [0.5, 0.6) is 0 Å². The molecule has 0 aliphatic carbocycles. The van der Waals surface area contributed by atoms with Crippen LogP contribution in [-0.2, 0) is 0 Å². The summed E-state index contributed by atoms with van der Waals surface area (Å²) in [6, 6.07) is 4.67. The number of thiophene rings is 3. The maximum absolute atomic E-state index is 2.34. The molecule has 0 aliphatic rings. The molecule has 0 amide bonds. The fourth-order valence-electron chi connectivity index (χ4n) is 2.48. The molecule has 0 unspecified atom stereocenters. The van der Waals surface area contributed by atoms with E-state index in [2.05, 4.69) is 36.7 Å². The standard InChI is InChI=1S/C14H10S3.C2H6/c1-7-3-9-11-5-15-6-12(11)10-4-8(2)17-14(10)13(9)16-7;1-2/h3-6H,1-2H3;1-2H3. The molecular formula is C16H16S3. The monoisotopic (exact) mass is 304 g/mol. The van der Waals surface area contributed by atoms with Gasteiger partial charge >= 0.3 is 0 Å². The molecular weight excluding hydrogens is 288 g/mol. The fraction of sp³-hybridized carbons (Fsp3) is 0.250. The van der Waals surface area contributed by atoms with E-state index in [4.69, 9.17) is 0 Å². The Hall–Kier alpha value is -0.900. The summed E-state index contributed by atoms with van der Waals surface area (Å²) in [4.78, 5) is 2.82. The van der Waals surface area contributed by atoms with E-state index in [1.54, 1.807) is 0 Å². The molecule has 3 heterocycles. The van der Waals surface area contributed by atoms with E-state index >= 15 is 0 Å². The summed E-state index contributed by atoms with van der Waals surface area (Å²) in [5.41, 5.74) is 0. The van der Waals surface area contributed by atoms with E-state index in [1.165, 1.54) is 40.7 Å². The van der Waals surface area contributed by atoms with Gasteiger partial charge in [0.25, 0.3) is 0 Å². The zero-order chi connectivity index (χ0) is 13.6. The van der Waals surface area contributed by atoms with Crippen LogP contribution in [0.4, 0.5) is 0 Å². The Kier molecular flexibility index (Phi) is 3.37. The lowest BCUT2D eigenvalue weighted by molar-refractivity contribution is 1.50. The number of benzene rings is 1. The topological polar surface area (TPSA) is 0 Å². The first-order chi connectivity index (χ1) is 9.24. The molecule has 0 spiro atoms. The van der Waals surface area contributed by atoms with Crippen LogP contribution in [0.25, 0.3) is 30.9 Å². The quantitative estimate of drug-likeness (QED) is 0.329. The van der Waals surface area contributed by atoms with Crippen LogP contribution in [0.2, 0.25) is 0 Å². The average Bonchev–Trinajstić information content (AvgIpc) is 3.07. The first-order valence-electron chi connectivity index (χ1n) is 6.52. The van der Waals surface area contributed by atoms with Gasteiger partial charge in [0.15, 0.2) is 0 Å². The molecule has 0 atom stereocenters. The van der Waals surface area contributed by atoms with E-state index in [0.29, 0.717) is 0 Å². The van der Waals surface area contributed by atoms with Crippen molar-refractivity contribution in [2.24, 2.45) is 0 Å². The van der Waals surface area contributed by atoms with Crippen LogP contribution in [0.15, 0.2) is 22.9 Å². The van der Waals surface area contributed by atoms with Crippen LogP contribution in [0.3, 0.4) is 0 Å². The van der Waals surface area contributed by atoms with E-state index in [0.717, 1.165) is 0 Å². The van der Waals surface area contributed by atoms with Gasteiger partial charge in [-0.15, -0.1) is 22.7 Å². The van der Waals surface area contributed by atoms with Gasteiger partial charge in [0, 0.05) is 31.3 Å². The molecule has 19 heavy (non-hydrogen) atoms. The molecule has 0 fully saturated rings. The first kappa shape index (κ1) is 13.1. The van der Waals surface area contributed by atoms with Gasteiger partial charge in [-0.25, -0.2) is 0 Å². The van der Waals surface area contributed by atoms with Crippen molar-refractivity contribution < 1.29 is 0 Å². The molecule has 4 rings (SSSR count). The Morgan fingerprint density at radius 1 is 0.684 bits per heavy atom. The minimum atomic E-state index is 1.41. The second kappa shape index (κ2) is 4.89. The number of fused-ring (bicyclic) bond motifs is 6. The molecule has 1 aromatic carbocycles. The predicted octanol–water partition coefficient (Wildman–Crippen LogP) is 6.97. The second-order valence-electron chi connectivity index (χ2n) is 4.40. The zero-order valence-corrected chi connectivity index (χ0v) is 14.0. The summed E-state index contributed by atoms with van der Waals surface area (Å²) in [6.45, 7) is 8.41. The van der Waals surface area contributed by atoms with E-state index in [9.17, 15) is 0 Å². The Bertz CT molecular complexity index is 788. The molecule has 3 aromatic heterocycles. The van der Waals surface area contributed by atoms with Crippen LogP contribution >= 0.6 is 34.0 Å². The van der Waals surface area contributed by atoms with E-state index in [1.807, 2.05) is 47.9 Å². The average molecular weight is 305 g/mol. The van der Waals surface area contributed by atoms with Crippen molar-refractivity contribution >= 4 is 65.0 Å². The van der Waals surface area contributed by atoms with E-state index < -0.39 is 0 Å². The molecule has 4 aromatic rings. The molecule has 3 heteroatoms. The Balaban J connectivity index is 0.000000528. The lowest BCUT2D eigenvalue weighted by atomic mass is 10.1. The summed E-state index contributed by atoms with van der Waals surface area (Å²) >= 11 is 5.67. The molecule has 0 nitrogen and oxygen atoms in total. The smallest absolute Gasteiger partial charge is 0.0530 e. The number of aryl methyl sites for hydroxylation is 2. The summed E-state index contributed by atoms with van der Waals surface area (Å²) in [5.74, 6) is 0. The van der Waals surface area contributed by atoms with Crippen LogP contribution < -0.4 is 0 Å². The molecule has 0 aliphatic heterocycles. The maximum Gasteiger partial charge on any atom is 0.0530 e. The Labute approximate surface area is 125 Å². The minimum absolute atomic E-state index is 1.41. The van der Waals surface area contributed by atoms with Crippen molar-refractivity contribution in [3.63, 3.8) is 0 Å². The molecule has 98 valence electrons. The minimum Gasteiger partial charge on any atom is -0.151 e. The normalized spacial score (nSPS) is 11.2. The van der Waals surface area contributed by atoms with Crippen molar-refractivity contribution in [2.75, 3.05) is 0 Å². The van der Waals surface area contributed by atoms with Gasteiger partial charge in [0.2, 0.25) is 0 Å². The van der Waals surface area contributed by atoms with Crippen molar-refractivity contribution in [1.82, 2.24) is 0 Å². The van der Waals surface area contributed by atoms with Crippen LogP contribution in [0, 0.1) is 13.8 Å². The highest BCUT2D eigenvalue weighted by Crippen LogP contribution is 2.43. The van der Waals surface area contributed by atoms with Crippen molar-refractivity contribution in [1.29, 1.82) is 0 Å². The molecule has 0 bridgehead atoms. The van der Waals surface area contributed by atoms with Gasteiger partial charge in [-0.2, -0.15) is 11.3 Å². The largest absolute Gasteiger partial charge is 0.151 e. The number of rotatable bonds is 0. The SMILES string of the molecule is CC.Cc1cc2c3cscc3c3cc(C)sc3c2s1. The zero-order valence-electron chi connectivity index (χ0n) is 11.5. The number of hydrogen-bond acceptors (Lipinski definition) is 3. The third-order valence-corrected chi connectivity index (χ3v) is 6.17. The maximum atomic E-state index is 2.34. The van der Waals surface area contributed by atoms with E-state index in [-0.39, 0.29) is 0 Å². The molecule has 0 saturated carbocycles.